The molecule has 35 heavy (non-hydrogen) atoms. The summed E-state index contributed by atoms with van der Waals surface area (Å²) in [6.45, 7) is 6.93. The number of fused-ring (bicyclic) bond motifs is 1. The molecule has 10 heteroatoms. The van der Waals surface area contributed by atoms with Crippen molar-refractivity contribution >= 4 is 33.2 Å². The summed E-state index contributed by atoms with van der Waals surface area (Å²) in [6, 6.07) is 4.89. The summed E-state index contributed by atoms with van der Waals surface area (Å²) in [5.74, 6) is 0.773. The summed E-state index contributed by atoms with van der Waals surface area (Å²) >= 11 is 0. The van der Waals surface area contributed by atoms with E-state index >= 15 is 0 Å². The van der Waals surface area contributed by atoms with Gasteiger partial charge in [-0.15, -0.1) is 0 Å². The van der Waals surface area contributed by atoms with Crippen molar-refractivity contribution in [2.45, 2.75) is 88.4 Å². The second kappa shape index (κ2) is 9.72. The predicted octanol–water partition coefficient (Wildman–Crippen LogP) is 3.74. The Kier molecular flexibility index (Phi) is 7.04. The number of carbonyl (C=O) groups is 1. The number of sulfonamides is 1. The highest BCUT2D eigenvalue weighted by Gasteiger charge is 2.28. The average molecular weight is 504 g/mol. The minimum absolute atomic E-state index is 0.0103. The van der Waals surface area contributed by atoms with Gasteiger partial charge in [0.25, 0.3) is 15.9 Å². The molecule has 0 saturated heterocycles. The van der Waals surface area contributed by atoms with Crippen LogP contribution in [0.1, 0.15) is 65.1 Å². The van der Waals surface area contributed by atoms with E-state index in [-0.39, 0.29) is 21.9 Å². The lowest BCUT2D eigenvalue weighted by Gasteiger charge is -2.27. The second-order valence-corrected chi connectivity index (χ2v) is 12.3. The molecule has 3 N–H and O–H groups in total. The molecule has 0 aliphatic heterocycles. The van der Waals surface area contributed by atoms with E-state index in [2.05, 4.69) is 35.1 Å². The maximum atomic E-state index is 13.6. The van der Waals surface area contributed by atoms with Crippen molar-refractivity contribution in [3.8, 4) is 0 Å². The van der Waals surface area contributed by atoms with Gasteiger partial charge in [0, 0.05) is 24.2 Å². The van der Waals surface area contributed by atoms with Gasteiger partial charge in [-0.2, -0.15) is 12.8 Å². The average Bonchev–Trinajstić information content (AvgIpc) is 3.53. The molecular weight excluding hydrogens is 469 g/mol. The van der Waals surface area contributed by atoms with E-state index in [1.807, 2.05) is 0 Å². The number of rotatable bonds is 7. The van der Waals surface area contributed by atoms with Crippen LogP contribution < -0.4 is 11.1 Å². The Morgan fingerprint density at radius 1 is 1.23 bits per heavy atom. The molecule has 0 bridgehead atoms. The Bertz CT molecular complexity index is 1260. The van der Waals surface area contributed by atoms with Gasteiger partial charge < -0.3 is 15.6 Å². The van der Waals surface area contributed by atoms with E-state index in [1.165, 1.54) is 12.1 Å². The highest BCUT2D eigenvalue weighted by molar-refractivity contribution is 7.90. The number of imidazole rings is 1. The summed E-state index contributed by atoms with van der Waals surface area (Å²) < 4.78 is 45.3. The van der Waals surface area contributed by atoms with Crippen LogP contribution in [0, 0.1) is 5.92 Å². The van der Waals surface area contributed by atoms with Crippen LogP contribution >= 0.6 is 0 Å². The largest absolute Gasteiger partial charge is 0.404 e. The van der Waals surface area contributed by atoms with E-state index in [4.69, 9.17) is 10.7 Å². The van der Waals surface area contributed by atoms with Crippen LogP contribution in [0.15, 0.2) is 39.3 Å². The first kappa shape index (κ1) is 25.3. The van der Waals surface area contributed by atoms with Gasteiger partial charge in [0.2, 0.25) is 0 Å². The number of amides is 1. The van der Waals surface area contributed by atoms with E-state index in [0.717, 1.165) is 56.0 Å². The lowest BCUT2D eigenvalue weighted by Crippen LogP contribution is -2.28. The van der Waals surface area contributed by atoms with Gasteiger partial charge in [0.1, 0.15) is 12.0 Å². The van der Waals surface area contributed by atoms with Crippen molar-refractivity contribution in [2.24, 2.45) is 16.0 Å². The maximum Gasteiger partial charge on any atom is 0.282 e. The Labute approximate surface area is 205 Å². The number of alkyl halides is 1. The third-order valence-corrected chi connectivity index (χ3v) is 7.82. The molecule has 0 spiro atoms. The maximum absolute atomic E-state index is 13.6. The lowest BCUT2D eigenvalue weighted by atomic mass is 9.87. The molecule has 0 radical (unpaired) electrons. The topological polar surface area (TPSA) is 119 Å². The Morgan fingerprint density at radius 3 is 2.51 bits per heavy atom. The van der Waals surface area contributed by atoms with Crippen molar-refractivity contribution in [1.82, 2.24) is 14.9 Å². The van der Waals surface area contributed by atoms with Crippen molar-refractivity contribution < 1.29 is 17.6 Å². The fourth-order valence-corrected chi connectivity index (χ4v) is 5.33. The predicted molar refractivity (Wildman–Crippen MR) is 134 cm³/mol. The van der Waals surface area contributed by atoms with Gasteiger partial charge in [-0.1, -0.05) is 20.8 Å². The fourth-order valence-electron chi connectivity index (χ4n) is 4.45. The third-order valence-electron chi connectivity index (χ3n) is 6.59. The van der Waals surface area contributed by atoms with Crippen LogP contribution in [0.2, 0.25) is 0 Å². The molecular formula is C25H34FN5O3S. The van der Waals surface area contributed by atoms with Crippen LogP contribution in [0.4, 0.5) is 4.39 Å². The SMILES string of the molecule is CC(C)(C)c1nc2cc(S(=O)(=O)N=CC(=CN)C(=O)NC3CC3)ccc2n1CC1CCC(F)CC1. The first-order valence-electron chi connectivity index (χ1n) is 12.2. The van der Waals surface area contributed by atoms with Crippen LogP contribution in [-0.4, -0.2) is 42.3 Å². The lowest BCUT2D eigenvalue weighted by molar-refractivity contribution is -0.117. The van der Waals surface area contributed by atoms with Crippen molar-refractivity contribution in [2.75, 3.05) is 0 Å². The van der Waals surface area contributed by atoms with E-state index < -0.39 is 22.1 Å². The smallest absolute Gasteiger partial charge is 0.282 e. The van der Waals surface area contributed by atoms with Crippen molar-refractivity contribution in [1.29, 1.82) is 0 Å². The Balaban J connectivity index is 1.62. The molecule has 4 rings (SSSR count). The van der Waals surface area contributed by atoms with Crippen molar-refractivity contribution in [3.63, 3.8) is 0 Å². The number of hydrogen-bond donors (Lipinski definition) is 2. The number of hydrogen-bond acceptors (Lipinski definition) is 5. The monoisotopic (exact) mass is 503 g/mol. The number of nitrogens with zero attached hydrogens (tertiary/aromatic N) is 3. The molecule has 2 fully saturated rings. The van der Waals surface area contributed by atoms with Gasteiger partial charge >= 0.3 is 0 Å². The van der Waals surface area contributed by atoms with Crippen LogP contribution in [0.3, 0.4) is 0 Å². The highest BCUT2D eigenvalue weighted by atomic mass is 32.2. The third kappa shape index (κ3) is 5.91. The molecule has 2 aliphatic carbocycles. The quantitative estimate of drug-likeness (QED) is 0.441. The summed E-state index contributed by atoms with van der Waals surface area (Å²) in [6.07, 6.45) is 5.95. The molecule has 1 aromatic heterocycles. The minimum atomic E-state index is -4.07. The molecule has 2 aliphatic rings. The zero-order valence-electron chi connectivity index (χ0n) is 20.5. The van der Waals surface area contributed by atoms with Crippen LogP contribution in [0.25, 0.3) is 11.0 Å². The fraction of sp³-hybridized carbons (Fsp3) is 0.560. The zero-order chi connectivity index (χ0) is 25.4. The van der Waals surface area contributed by atoms with Gasteiger partial charge in [-0.25, -0.2) is 9.37 Å². The molecule has 0 atom stereocenters. The molecule has 190 valence electrons. The number of nitrogens with one attached hydrogen (secondary N) is 1. The molecule has 1 heterocycles. The second-order valence-electron chi connectivity index (χ2n) is 10.6. The Hall–Kier alpha value is -2.75. The summed E-state index contributed by atoms with van der Waals surface area (Å²) in [7, 11) is -4.07. The number of aromatic nitrogens is 2. The van der Waals surface area contributed by atoms with Crippen LogP contribution in [0.5, 0.6) is 0 Å². The molecule has 8 nitrogen and oxygen atoms in total. The van der Waals surface area contributed by atoms with Gasteiger partial charge in [0.15, 0.2) is 0 Å². The Morgan fingerprint density at radius 2 is 1.91 bits per heavy atom. The molecule has 0 unspecified atom stereocenters. The van der Waals surface area contributed by atoms with E-state index in [9.17, 15) is 17.6 Å². The van der Waals surface area contributed by atoms with Crippen molar-refractivity contribution in [3.05, 3.63) is 35.8 Å². The summed E-state index contributed by atoms with van der Waals surface area (Å²) in [5.41, 5.74) is 6.64. The van der Waals surface area contributed by atoms with Crippen LogP contribution in [-0.2, 0) is 26.8 Å². The van der Waals surface area contributed by atoms with Gasteiger partial charge in [-0.3, -0.25) is 4.79 Å². The zero-order valence-corrected chi connectivity index (χ0v) is 21.3. The first-order valence-corrected chi connectivity index (χ1v) is 13.6. The standard InChI is InChI=1S/C25H34FN5O3S/c1-25(2,3)24-30-21-12-20(10-11-22(21)31(24)15-16-4-6-18(26)7-5-16)35(33,34)28-14-17(13-27)23(32)29-19-8-9-19/h10-14,16,18-19H,4-9,15,27H2,1-3H3,(H,29,32). The summed E-state index contributed by atoms with van der Waals surface area (Å²) in [4.78, 5) is 17.0. The summed E-state index contributed by atoms with van der Waals surface area (Å²) in [5, 5.41) is 2.76. The van der Waals surface area contributed by atoms with Gasteiger partial charge in [0.05, 0.1) is 27.7 Å². The molecule has 2 aromatic rings. The van der Waals surface area contributed by atoms with E-state index in [1.54, 1.807) is 6.07 Å². The number of halogens is 1. The van der Waals surface area contributed by atoms with E-state index in [0.29, 0.717) is 24.3 Å². The first-order chi connectivity index (χ1) is 16.5. The number of benzene rings is 1. The number of nitrogens with two attached hydrogens (primary N) is 1. The molecule has 2 saturated carbocycles. The molecule has 1 aromatic carbocycles. The molecule has 1 amide bonds. The minimum Gasteiger partial charge on any atom is -0.404 e. The van der Waals surface area contributed by atoms with Gasteiger partial charge in [-0.05, 0) is 62.6 Å². The number of carbonyl (C=O) groups excluding carboxylic acids is 1. The highest BCUT2D eigenvalue weighted by Crippen LogP contribution is 2.33. The normalized spacial score (nSPS) is 22.1.